The maximum atomic E-state index is 12.1. The van der Waals surface area contributed by atoms with Gasteiger partial charge in [-0.1, -0.05) is 0 Å². The molecule has 0 atom stereocenters. The Morgan fingerprint density at radius 2 is 1.85 bits per heavy atom. The van der Waals surface area contributed by atoms with Crippen LogP contribution in [0.3, 0.4) is 0 Å². The first-order valence-corrected chi connectivity index (χ1v) is 6.85. The van der Waals surface area contributed by atoms with Crippen molar-refractivity contribution in [2.24, 2.45) is 0 Å². The first-order valence-electron chi connectivity index (χ1n) is 6.85. The summed E-state index contributed by atoms with van der Waals surface area (Å²) in [6.07, 6.45) is 5.31. The lowest BCUT2D eigenvalue weighted by Gasteiger charge is -2.16. The summed E-state index contributed by atoms with van der Waals surface area (Å²) in [5.41, 5.74) is 3.06. The molecule has 4 rings (SSSR count). The number of fused-ring (bicyclic) bond motifs is 4. The van der Waals surface area contributed by atoms with Crippen LogP contribution in [0.5, 0.6) is 5.75 Å². The number of hydrogen-bond acceptors (Lipinski definition) is 4. The summed E-state index contributed by atoms with van der Waals surface area (Å²) in [6, 6.07) is 1.97. The van der Waals surface area contributed by atoms with Crippen LogP contribution < -0.4 is 5.63 Å². The molecule has 2 heterocycles. The Balaban J connectivity index is 2.24. The van der Waals surface area contributed by atoms with Crippen molar-refractivity contribution in [2.75, 3.05) is 0 Å². The van der Waals surface area contributed by atoms with E-state index in [0.717, 1.165) is 53.1 Å². The van der Waals surface area contributed by atoms with E-state index >= 15 is 0 Å². The van der Waals surface area contributed by atoms with Crippen molar-refractivity contribution in [3.8, 4) is 5.75 Å². The lowest BCUT2D eigenvalue weighted by molar-refractivity contribution is 0.446. The van der Waals surface area contributed by atoms with E-state index in [4.69, 9.17) is 8.83 Å². The predicted molar refractivity (Wildman–Crippen MR) is 75.3 cm³/mol. The predicted octanol–water partition coefficient (Wildman–Crippen LogP) is 3.43. The van der Waals surface area contributed by atoms with E-state index < -0.39 is 0 Å². The smallest absolute Gasteiger partial charge is 0.339 e. The van der Waals surface area contributed by atoms with Crippen molar-refractivity contribution in [3.05, 3.63) is 39.4 Å². The molecule has 1 aromatic carbocycles. The van der Waals surface area contributed by atoms with Crippen LogP contribution in [0.4, 0.5) is 0 Å². The summed E-state index contributed by atoms with van der Waals surface area (Å²) < 4.78 is 10.7. The third-order valence-electron chi connectivity index (χ3n) is 4.22. The monoisotopic (exact) mass is 270 g/mol. The van der Waals surface area contributed by atoms with Gasteiger partial charge >= 0.3 is 5.63 Å². The zero-order valence-electron chi connectivity index (χ0n) is 11.2. The van der Waals surface area contributed by atoms with Gasteiger partial charge in [0.2, 0.25) is 5.75 Å². The first kappa shape index (κ1) is 11.6. The number of furan rings is 1. The van der Waals surface area contributed by atoms with Crippen molar-refractivity contribution in [2.45, 2.75) is 32.6 Å². The highest BCUT2D eigenvalue weighted by Gasteiger charge is 2.22. The highest BCUT2D eigenvalue weighted by molar-refractivity contribution is 6.02. The summed E-state index contributed by atoms with van der Waals surface area (Å²) in [5, 5.41) is 12.0. The van der Waals surface area contributed by atoms with Crippen LogP contribution in [0.25, 0.3) is 21.9 Å². The molecule has 0 saturated carbocycles. The summed E-state index contributed by atoms with van der Waals surface area (Å²) in [4.78, 5) is 12.1. The molecule has 2 aromatic heterocycles. The highest BCUT2D eigenvalue weighted by atomic mass is 16.4. The maximum Gasteiger partial charge on any atom is 0.339 e. The number of benzene rings is 1. The largest absolute Gasteiger partial charge is 0.502 e. The Kier molecular flexibility index (Phi) is 2.25. The summed E-state index contributed by atoms with van der Waals surface area (Å²) in [5.74, 6) is -0.0731. The molecular weight excluding hydrogens is 256 g/mol. The zero-order valence-corrected chi connectivity index (χ0v) is 11.2. The molecule has 1 N–H and O–H groups in total. The van der Waals surface area contributed by atoms with Gasteiger partial charge in [-0.2, -0.15) is 0 Å². The third kappa shape index (κ3) is 1.39. The minimum Gasteiger partial charge on any atom is -0.502 e. The number of phenols is 1. The van der Waals surface area contributed by atoms with Gasteiger partial charge in [-0.25, -0.2) is 4.79 Å². The molecule has 102 valence electrons. The quantitative estimate of drug-likeness (QED) is 0.636. The average molecular weight is 270 g/mol. The normalized spacial score (nSPS) is 14.8. The van der Waals surface area contributed by atoms with Gasteiger partial charge < -0.3 is 13.9 Å². The second-order valence-electron chi connectivity index (χ2n) is 5.45. The van der Waals surface area contributed by atoms with E-state index in [-0.39, 0.29) is 17.0 Å². The van der Waals surface area contributed by atoms with E-state index in [2.05, 4.69) is 0 Å². The molecule has 20 heavy (non-hydrogen) atoms. The van der Waals surface area contributed by atoms with Gasteiger partial charge in [0.1, 0.15) is 0 Å². The van der Waals surface area contributed by atoms with E-state index in [1.165, 1.54) is 0 Å². The van der Waals surface area contributed by atoms with Gasteiger partial charge in [-0.05, 0) is 49.8 Å². The minimum atomic E-state index is -0.329. The van der Waals surface area contributed by atoms with Crippen molar-refractivity contribution in [1.29, 1.82) is 0 Å². The average Bonchev–Trinajstić information content (AvgIpc) is 2.83. The van der Waals surface area contributed by atoms with Crippen LogP contribution in [0, 0.1) is 6.92 Å². The van der Waals surface area contributed by atoms with Gasteiger partial charge in [0.05, 0.1) is 6.26 Å². The Hall–Kier alpha value is -2.23. The van der Waals surface area contributed by atoms with Gasteiger partial charge in [0, 0.05) is 16.3 Å². The fraction of sp³-hybridized carbons (Fsp3) is 0.312. The van der Waals surface area contributed by atoms with Gasteiger partial charge in [0.15, 0.2) is 11.2 Å². The molecule has 3 aromatic rings. The van der Waals surface area contributed by atoms with E-state index in [1.54, 1.807) is 6.26 Å². The second-order valence-corrected chi connectivity index (χ2v) is 5.45. The van der Waals surface area contributed by atoms with Crippen LogP contribution in [0.1, 0.15) is 29.5 Å². The lowest BCUT2D eigenvalue weighted by atomic mass is 9.90. The molecule has 0 radical (unpaired) electrons. The SMILES string of the molecule is Cc1coc2c(O)c3oc(=O)c4c(c3cc12)CCCC4. The number of rotatable bonds is 0. The van der Waals surface area contributed by atoms with E-state index in [9.17, 15) is 9.90 Å². The molecule has 4 heteroatoms. The topological polar surface area (TPSA) is 63.6 Å². The van der Waals surface area contributed by atoms with Gasteiger partial charge in [0.25, 0.3) is 0 Å². The molecule has 0 unspecified atom stereocenters. The standard InChI is InChI=1S/C16H14O4/c1-8-7-19-14-11(8)6-12-9-4-2-3-5-10(9)16(18)20-15(12)13(14)17/h6-7,17H,2-5H2,1H3. The van der Waals surface area contributed by atoms with E-state index in [1.807, 2.05) is 13.0 Å². The van der Waals surface area contributed by atoms with Crippen LogP contribution >= 0.6 is 0 Å². The molecule has 0 saturated heterocycles. The third-order valence-corrected chi connectivity index (χ3v) is 4.22. The number of aromatic hydroxyl groups is 1. The Bertz CT molecular complexity index is 898. The summed E-state index contributed by atoms with van der Waals surface area (Å²) in [7, 11) is 0. The van der Waals surface area contributed by atoms with Crippen molar-refractivity contribution < 1.29 is 13.9 Å². The molecule has 1 aliphatic carbocycles. The van der Waals surface area contributed by atoms with Crippen molar-refractivity contribution in [3.63, 3.8) is 0 Å². The lowest BCUT2D eigenvalue weighted by Crippen LogP contribution is -2.15. The van der Waals surface area contributed by atoms with Crippen LogP contribution in [0.2, 0.25) is 0 Å². The van der Waals surface area contributed by atoms with Gasteiger partial charge in [-0.15, -0.1) is 0 Å². The Morgan fingerprint density at radius 1 is 1.10 bits per heavy atom. The first-order chi connectivity index (χ1) is 9.66. The molecule has 0 amide bonds. The maximum absolute atomic E-state index is 12.1. The number of aryl methyl sites for hydroxylation is 2. The minimum absolute atomic E-state index is 0.0731. The fourth-order valence-electron chi connectivity index (χ4n) is 3.17. The van der Waals surface area contributed by atoms with E-state index in [0.29, 0.717) is 5.58 Å². The fourth-order valence-corrected chi connectivity index (χ4v) is 3.17. The van der Waals surface area contributed by atoms with Crippen LogP contribution in [0.15, 0.2) is 26.0 Å². The van der Waals surface area contributed by atoms with Gasteiger partial charge in [-0.3, -0.25) is 0 Å². The summed E-state index contributed by atoms with van der Waals surface area (Å²) in [6.45, 7) is 1.93. The van der Waals surface area contributed by atoms with Crippen molar-refractivity contribution >= 4 is 21.9 Å². The number of phenolic OH excluding ortho intramolecular Hbond substituents is 1. The molecule has 4 nitrogen and oxygen atoms in total. The van der Waals surface area contributed by atoms with Crippen LogP contribution in [-0.4, -0.2) is 5.11 Å². The molecule has 0 bridgehead atoms. The Morgan fingerprint density at radius 3 is 2.65 bits per heavy atom. The molecule has 0 aliphatic heterocycles. The Labute approximate surface area is 114 Å². The molecule has 0 fully saturated rings. The van der Waals surface area contributed by atoms with Crippen LogP contribution in [-0.2, 0) is 12.8 Å². The zero-order chi connectivity index (χ0) is 13.9. The molecular formula is C16H14O4. The summed E-state index contributed by atoms with van der Waals surface area (Å²) >= 11 is 0. The highest BCUT2D eigenvalue weighted by Crippen LogP contribution is 2.38. The molecule has 0 spiro atoms. The second kappa shape index (κ2) is 3.88. The van der Waals surface area contributed by atoms with Crippen molar-refractivity contribution in [1.82, 2.24) is 0 Å². The number of hydrogen-bond donors (Lipinski definition) is 1. The molecule has 1 aliphatic rings.